The molecule has 5 fully saturated rings. The second kappa shape index (κ2) is 9.58. The Morgan fingerprint density at radius 3 is 2.28 bits per heavy atom. The highest BCUT2D eigenvalue weighted by Gasteiger charge is 2.61. The Morgan fingerprint density at radius 1 is 0.889 bits per heavy atom. The highest BCUT2D eigenvalue weighted by Crippen LogP contribution is 2.67. The molecule has 0 bridgehead atoms. The summed E-state index contributed by atoms with van der Waals surface area (Å²) in [5.41, 5.74) is 0.152. The lowest BCUT2D eigenvalue weighted by molar-refractivity contribution is -0.309. The molecule has 4 saturated carbocycles. The highest BCUT2D eigenvalue weighted by molar-refractivity contribution is 5.83. The summed E-state index contributed by atoms with van der Waals surface area (Å²) in [5, 5.41) is 49.3. The first-order valence-electron chi connectivity index (χ1n) is 13.7. The van der Waals surface area contributed by atoms with E-state index in [1.165, 1.54) is 0 Å². The van der Waals surface area contributed by atoms with Crippen LogP contribution in [0.5, 0.6) is 0 Å². The zero-order chi connectivity index (χ0) is 26.0. The minimum atomic E-state index is -1.72. The van der Waals surface area contributed by atoms with Gasteiger partial charge in [0.25, 0.3) is 0 Å². The number of ketones is 1. The number of aliphatic carboxylic acids is 1. The van der Waals surface area contributed by atoms with Gasteiger partial charge in [-0.1, -0.05) is 13.8 Å². The summed E-state index contributed by atoms with van der Waals surface area (Å²) >= 11 is 0. The van der Waals surface area contributed by atoms with E-state index in [2.05, 4.69) is 13.8 Å². The molecule has 0 aromatic carbocycles. The van der Waals surface area contributed by atoms with E-state index in [1.54, 1.807) is 0 Å². The summed E-state index contributed by atoms with van der Waals surface area (Å²) in [4.78, 5) is 23.9. The minimum absolute atomic E-state index is 0.00546. The smallest absolute Gasteiger partial charge is 0.335 e. The molecule has 5 N–H and O–H groups in total. The Balaban J connectivity index is 1.26. The van der Waals surface area contributed by atoms with Crippen molar-refractivity contribution in [3.8, 4) is 0 Å². The van der Waals surface area contributed by atoms with E-state index in [-0.39, 0.29) is 35.2 Å². The molecule has 0 amide bonds. The Hall–Kier alpha value is -1.10. The van der Waals surface area contributed by atoms with Gasteiger partial charge in [-0.05, 0) is 92.3 Å². The fourth-order valence-electron chi connectivity index (χ4n) is 9.34. The summed E-state index contributed by atoms with van der Waals surface area (Å²) in [6.07, 6.45) is 0.700. The average Bonchev–Trinajstić information content (AvgIpc) is 3.21. The van der Waals surface area contributed by atoms with E-state index in [4.69, 9.17) is 9.47 Å². The standard InChI is InChI=1S/C27H42O9/c1-26-9-7-14(35-25-22(32)20(30)21(31)23(36-25)24(33)34)11-13(26)3-4-15-16-5-6-18(19(29)12-28)27(16,2)10-8-17(15)26/h13-18,20-23,25,28,30-32H,3-12H2,1-2H3,(H,33,34). The van der Waals surface area contributed by atoms with Crippen LogP contribution >= 0.6 is 0 Å². The van der Waals surface area contributed by atoms with Crippen molar-refractivity contribution in [1.29, 1.82) is 0 Å². The minimum Gasteiger partial charge on any atom is -0.479 e. The number of carboxylic acids is 1. The van der Waals surface area contributed by atoms with Crippen molar-refractivity contribution < 1.29 is 44.6 Å². The number of aliphatic hydroxyl groups excluding tert-OH is 4. The van der Waals surface area contributed by atoms with Crippen molar-refractivity contribution in [1.82, 2.24) is 0 Å². The number of carbonyl (C=O) groups excluding carboxylic acids is 1. The maximum Gasteiger partial charge on any atom is 0.335 e. The highest BCUT2D eigenvalue weighted by atomic mass is 16.7. The second-order valence-corrected chi connectivity index (χ2v) is 12.7. The Bertz CT molecular complexity index is 864. The van der Waals surface area contributed by atoms with Crippen LogP contribution in [-0.2, 0) is 19.1 Å². The van der Waals surface area contributed by atoms with Gasteiger partial charge in [0.1, 0.15) is 24.9 Å². The van der Waals surface area contributed by atoms with Crippen LogP contribution in [0.25, 0.3) is 0 Å². The van der Waals surface area contributed by atoms with Crippen molar-refractivity contribution in [2.24, 2.45) is 40.4 Å². The van der Waals surface area contributed by atoms with Gasteiger partial charge < -0.3 is 35.0 Å². The van der Waals surface area contributed by atoms with E-state index >= 15 is 0 Å². The first-order valence-corrected chi connectivity index (χ1v) is 13.7. The molecule has 0 spiro atoms. The predicted octanol–water partition coefficient (Wildman–Crippen LogP) is 1.48. The molecule has 4 aliphatic carbocycles. The SMILES string of the molecule is CC12CCC(OC3OC(C(=O)O)C(O)C(O)C3O)CC1CCC1C2CCC2(C)C(C(=O)CO)CCC12. The number of Topliss-reactive ketones (excluding diaryl/α,β-unsaturated/α-hetero) is 1. The topological polar surface area (TPSA) is 154 Å². The van der Waals surface area contributed by atoms with Gasteiger partial charge >= 0.3 is 5.97 Å². The van der Waals surface area contributed by atoms with Gasteiger partial charge in [-0.2, -0.15) is 0 Å². The molecule has 13 unspecified atom stereocenters. The van der Waals surface area contributed by atoms with Crippen LogP contribution < -0.4 is 0 Å². The van der Waals surface area contributed by atoms with Gasteiger partial charge in [0, 0.05) is 5.92 Å². The zero-order valence-corrected chi connectivity index (χ0v) is 21.3. The molecule has 13 atom stereocenters. The van der Waals surface area contributed by atoms with E-state index in [0.717, 1.165) is 57.8 Å². The lowest BCUT2D eigenvalue weighted by Crippen LogP contribution is -2.61. The number of carboxylic acid groups (broad SMARTS) is 1. The quantitative estimate of drug-likeness (QED) is 0.346. The number of hydrogen-bond acceptors (Lipinski definition) is 8. The van der Waals surface area contributed by atoms with Gasteiger partial charge in [0.05, 0.1) is 6.10 Å². The van der Waals surface area contributed by atoms with Crippen molar-refractivity contribution in [2.75, 3.05) is 6.61 Å². The maximum atomic E-state index is 12.5. The normalized spacial score (nSPS) is 52.7. The van der Waals surface area contributed by atoms with E-state index in [9.17, 15) is 35.1 Å². The number of hydrogen-bond donors (Lipinski definition) is 5. The van der Waals surface area contributed by atoms with Crippen LogP contribution in [0.4, 0.5) is 0 Å². The number of rotatable bonds is 5. The molecule has 1 aliphatic heterocycles. The number of carbonyl (C=O) groups is 2. The lowest BCUT2D eigenvalue weighted by Gasteiger charge is -2.61. The predicted molar refractivity (Wildman–Crippen MR) is 127 cm³/mol. The van der Waals surface area contributed by atoms with Crippen LogP contribution in [0.15, 0.2) is 0 Å². The zero-order valence-electron chi connectivity index (χ0n) is 21.3. The molecule has 36 heavy (non-hydrogen) atoms. The molecule has 9 heteroatoms. The molecule has 204 valence electrons. The summed E-state index contributed by atoms with van der Waals surface area (Å²) in [5.74, 6) is 0.716. The third kappa shape index (κ3) is 4.05. The first kappa shape index (κ1) is 26.5. The van der Waals surface area contributed by atoms with Crippen LogP contribution in [0.3, 0.4) is 0 Å². The van der Waals surface area contributed by atoms with Crippen molar-refractivity contribution in [3.05, 3.63) is 0 Å². The number of fused-ring (bicyclic) bond motifs is 5. The number of aliphatic hydroxyl groups is 4. The van der Waals surface area contributed by atoms with E-state index < -0.39 is 36.7 Å². The van der Waals surface area contributed by atoms with Gasteiger partial charge in [0.2, 0.25) is 0 Å². The van der Waals surface area contributed by atoms with E-state index in [0.29, 0.717) is 23.7 Å². The van der Waals surface area contributed by atoms with Gasteiger partial charge in [0.15, 0.2) is 18.2 Å². The van der Waals surface area contributed by atoms with Crippen LogP contribution in [0, 0.1) is 40.4 Å². The largest absolute Gasteiger partial charge is 0.479 e. The Morgan fingerprint density at radius 2 is 1.58 bits per heavy atom. The second-order valence-electron chi connectivity index (χ2n) is 12.7. The summed E-state index contributed by atoms with van der Waals surface area (Å²) in [7, 11) is 0. The molecule has 9 nitrogen and oxygen atoms in total. The fourth-order valence-corrected chi connectivity index (χ4v) is 9.34. The Kier molecular flexibility index (Phi) is 7.05. The summed E-state index contributed by atoms with van der Waals surface area (Å²) < 4.78 is 11.4. The molecular weight excluding hydrogens is 468 g/mol. The van der Waals surface area contributed by atoms with E-state index in [1.807, 2.05) is 0 Å². The Labute approximate surface area is 212 Å². The van der Waals surface area contributed by atoms with Gasteiger partial charge in [-0.25, -0.2) is 4.79 Å². The molecule has 0 radical (unpaired) electrons. The lowest BCUT2D eigenvalue weighted by atomic mass is 9.44. The number of ether oxygens (including phenoxy) is 2. The monoisotopic (exact) mass is 510 g/mol. The molecule has 5 rings (SSSR count). The van der Waals surface area contributed by atoms with Crippen LogP contribution in [0.1, 0.15) is 71.6 Å². The molecule has 0 aromatic rings. The molecule has 0 aromatic heterocycles. The molecular formula is C27H42O9. The summed E-state index contributed by atoms with van der Waals surface area (Å²) in [6.45, 7) is 4.33. The van der Waals surface area contributed by atoms with Crippen LogP contribution in [0.2, 0.25) is 0 Å². The molecule has 1 saturated heterocycles. The third-order valence-corrected chi connectivity index (χ3v) is 11.3. The fraction of sp³-hybridized carbons (Fsp3) is 0.926. The molecule has 1 heterocycles. The van der Waals surface area contributed by atoms with Crippen LogP contribution in [-0.4, -0.2) is 80.7 Å². The van der Waals surface area contributed by atoms with Gasteiger partial charge in [-0.3, -0.25) is 4.79 Å². The first-order chi connectivity index (χ1) is 17.0. The van der Waals surface area contributed by atoms with Crippen molar-refractivity contribution in [2.45, 2.75) is 108 Å². The van der Waals surface area contributed by atoms with Gasteiger partial charge in [-0.15, -0.1) is 0 Å². The third-order valence-electron chi connectivity index (χ3n) is 11.3. The van der Waals surface area contributed by atoms with Crippen molar-refractivity contribution >= 4 is 11.8 Å². The molecule has 5 aliphatic rings. The maximum absolute atomic E-state index is 12.5. The average molecular weight is 511 g/mol. The van der Waals surface area contributed by atoms with Crippen molar-refractivity contribution in [3.63, 3.8) is 0 Å². The summed E-state index contributed by atoms with van der Waals surface area (Å²) in [6, 6.07) is 0.